The van der Waals surface area contributed by atoms with Crippen molar-refractivity contribution in [2.75, 3.05) is 19.8 Å². The SMILES string of the molecule is Cc1cc(C)cc(OCCOC(=O)CCCN2C(=O)c3ccccc3C2=O)c1. The summed E-state index contributed by atoms with van der Waals surface area (Å²) in [7, 11) is 0. The van der Waals surface area contributed by atoms with E-state index in [9.17, 15) is 14.4 Å². The molecule has 0 saturated carbocycles. The number of fused-ring (bicyclic) bond motifs is 1. The summed E-state index contributed by atoms with van der Waals surface area (Å²) in [6.45, 7) is 4.61. The highest BCUT2D eigenvalue weighted by Crippen LogP contribution is 2.22. The molecule has 3 rings (SSSR count). The Bertz CT molecular complexity index is 850. The van der Waals surface area contributed by atoms with Crippen LogP contribution in [0.5, 0.6) is 5.75 Å². The number of carbonyl (C=O) groups is 3. The van der Waals surface area contributed by atoms with E-state index >= 15 is 0 Å². The molecule has 1 aliphatic rings. The summed E-state index contributed by atoms with van der Waals surface area (Å²) < 4.78 is 10.7. The van der Waals surface area contributed by atoms with E-state index in [4.69, 9.17) is 9.47 Å². The van der Waals surface area contributed by atoms with Gasteiger partial charge in [0, 0.05) is 13.0 Å². The molecule has 2 aromatic carbocycles. The summed E-state index contributed by atoms with van der Waals surface area (Å²) in [5.41, 5.74) is 3.05. The largest absolute Gasteiger partial charge is 0.490 e. The topological polar surface area (TPSA) is 72.9 Å². The highest BCUT2D eigenvalue weighted by atomic mass is 16.6. The number of amides is 2. The third kappa shape index (κ3) is 4.57. The van der Waals surface area contributed by atoms with Crippen LogP contribution in [0.4, 0.5) is 0 Å². The van der Waals surface area contributed by atoms with E-state index in [1.54, 1.807) is 24.3 Å². The zero-order chi connectivity index (χ0) is 20.1. The third-order valence-corrected chi connectivity index (χ3v) is 4.45. The number of esters is 1. The van der Waals surface area contributed by atoms with Crippen LogP contribution in [0.15, 0.2) is 42.5 Å². The van der Waals surface area contributed by atoms with Crippen LogP contribution in [0.1, 0.15) is 44.7 Å². The zero-order valence-electron chi connectivity index (χ0n) is 16.1. The molecule has 0 aromatic heterocycles. The van der Waals surface area contributed by atoms with Gasteiger partial charge in [-0.2, -0.15) is 0 Å². The molecule has 0 N–H and O–H groups in total. The second-order valence-electron chi connectivity index (χ2n) is 6.80. The molecule has 1 aliphatic heterocycles. The van der Waals surface area contributed by atoms with Crippen molar-refractivity contribution >= 4 is 17.8 Å². The van der Waals surface area contributed by atoms with Gasteiger partial charge in [0.25, 0.3) is 11.8 Å². The first kappa shape index (κ1) is 19.6. The van der Waals surface area contributed by atoms with Crippen LogP contribution in [0.25, 0.3) is 0 Å². The molecule has 0 bridgehead atoms. The van der Waals surface area contributed by atoms with Crippen molar-refractivity contribution in [1.29, 1.82) is 0 Å². The fourth-order valence-electron chi connectivity index (χ4n) is 3.23. The Morgan fingerprint density at radius 1 is 0.929 bits per heavy atom. The molecular weight excluding hydrogens is 358 g/mol. The van der Waals surface area contributed by atoms with Crippen LogP contribution in [0.3, 0.4) is 0 Å². The van der Waals surface area contributed by atoms with Gasteiger partial charge in [-0.25, -0.2) is 0 Å². The van der Waals surface area contributed by atoms with Crippen LogP contribution in [-0.4, -0.2) is 42.4 Å². The van der Waals surface area contributed by atoms with Crippen LogP contribution < -0.4 is 4.74 Å². The first-order valence-corrected chi connectivity index (χ1v) is 9.27. The Morgan fingerprint density at radius 2 is 1.54 bits per heavy atom. The number of ether oxygens (including phenoxy) is 2. The van der Waals surface area contributed by atoms with Crippen LogP contribution in [0, 0.1) is 13.8 Å². The predicted molar refractivity (Wildman–Crippen MR) is 103 cm³/mol. The second-order valence-corrected chi connectivity index (χ2v) is 6.80. The first-order valence-electron chi connectivity index (χ1n) is 9.27. The van der Waals surface area contributed by atoms with Crippen molar-refractivity contribution in [3.63, 3.8) is 0 Å². The summed E-state index contributed by atoms with van der Waals surface area (Å²) >= 11 is 0. The number of rotatable bonds is 8. The summed E-state index contributed by atoms with van der Waals surface area (Å²) in [6.07, 6.45) is 0.499. The Hall–Kier alpha value is -3.15. The molecule has 0 radical (unpaired) electrons. The number of imide groups is 1. The summed E-state index contributed by atoms with van der Waals surface area (Å²) in [6, 6.07) is 12.6. The van der Waals surface area contributed by atoms with E-state index < -0.39 is 0 Å². The molecular formula is C22H23NO5. The van der Waals surface area contributed by atoms with E-state index in [2.05, 4.69) is 6.07 Å². The lowest BCUT2D eigenvalue weighted by Crippen LogP contribution is -2.31. The van der Waals surface area contributed by atoms with Gasteiger partial charge in [-0.15, -0.1) is 0 Å². The molecule has 0 aliphatic carbocycles. The highest BCUT2D eigenvalue weighted by Gasteiger charge is 2.34. The van der Waals surface area contributed by atoms with Gasteiger partial charge in [0.05, 0.1) is 11.1 Å². The van der Waals surface area contributed by atoms with Crippen molar-refractivity contribution in [3.8, 4) is 5.75 Å². The van der Waals surface area contributed by atoms with Gasteiger partial charge in [-0.05, 0) is 55.7 Å². The zero-order valence-corrected chi connectivity index (χ0v) is 16.1. The normalized spacial score (nSPS) is 12.9. The maximum absolute atomic E-state index is 12.2. The Kier molecular flexibility index (Phi) is 6.09. The summed E-state index contributed by atoms with van der Waals surface area (Å²) in [5, 5.41) is 0. The molecule has 0 atom stereocenters. The Labute approximate surface area is 164 Å². The number of benzene rings is 2. The minimum atomic E-state index is -0.374. The fourth-order valence-corrected chi connectivity index (χ4v) is 3.23. The molecule has 0 spiro atoms. The lowest BCUT2D eigenvalue weighted by atomic mass is 10.1. The molecule has 146 valence electrons. The molecule has 0 unspecified atom stereocenters. The third-order valence-electron chi connectivity index (χ3n) is 4.45. The smallest absolute Gasteiger partial charge is 0.305 e. The summed E-state index contributed by atoms with van der Waals surface area (Å²) in [4.78, 5) is 37.5. The van der Waals surface area contributed by atoms with Crippen LogP contribution in [-0.2, 0) is 9.53 Å². The Morgan fingerprint density at radius 3 is 2.14 bits per heavy atom. The average molecular weight is 381 g/mol. The minimum absolute atomic E-state index is 0.136. The average Bonchev–Trinajstić information content (AvgIpc) is 2.90. The van der Waals surface area contributed by atoms with Gasteiger partial charge in [0.2, 0.25) is 0 Å². The van der Waals surface area contributed by atoms with E-state index in [1.807, 2.05) is 26.0 Å². The molecule has 1 heterocycles. The molecule has 6 heteroatoms. The Balaban J connectivity index is 1.36. The van der Waals surface area contributed by atoms with Gasteiger partial charge in [0.15, 0.2) is 0 Å². The fraction of sp³-hybridized carbons (Fsp3) is 0.318. The molecule has 28 heavy (non-hydrogen) atoms. The van der Waals surface area contributed by atoms with Crippen molar-refractivity contribution in [2.24, 2.45) is 0 Å². The van der Waals surface area contributed by atoms with E-state index in [1.165, 1.54) is 4.90 Å². The quantitative estimate of drug-likeness (QED) is 0.399. The summed E-state index contributed by atoms with van der Waals surface area (Å²) in [5.74, 6) is -0.244. The van der Waals surface area contributed by atoms with Gasteiger partial charge < -0.3 is 9.47 Å². The van der Waals surface area contributed by atoms with Crippen molar-refractivity contribution < 1.29 is 23.9 Å². The molecule has 0 saturated heterocycles. The van der Waals surface area contributed by atoms with Crippen molar-refractivity contribution in [2.45, 2.75) is 26.7 Å². The van der Waals surface area contributed by atoms with E-state index in [0.29, 0.717) is 17.5 Å². The van der Waals surface area contributed by atoms with E-state index in [-0.39, 0.29) is 44.0 Å². The number of hydrogen-bond acceptors (Lipinski definition) is 5. The van der Waals surface area contributed by atoms with Gasteiger partial charge in [-0.3, -0.25) is 19.3 Å². The van der Waals surface area contributed by atoms with Crippen molar-refractivity contribution in [1.82, 2.24) is 4.90 Å². The molecule has 2 amide bonds. The monoisotopic (exact) mass is 381 g/mol. The number of hydrogen-bond donors (Lipinski definition) is 0. The standard InChI is InChI=1S/C22H23NO5/c1-15-12-16(2)14-17(13-15)27-10-11-28-20(24)8-5-9-23-21(25)18-6-3-4-7-19(18)22(23)26/h3-4,6-7,12-14H,5,8-11H2,1-2H3. The predicted octanol–water partition coefficient (Wildman–Crippen LogP) is 3.30. The van der Waals surface area contributed by atoms with Crippen LogP contribution >= 0.6 is 0 Å². The van der Waals surface area contributed by atoms with Crippen molar-refractivity contribution in [3.05, 3.63) is 64.7 Å². The van der Waals surface area contributed by atoms with Crippen LogP contribution in [0.2, 0.25) is 0 Å². The lowest BCUT2D eigenvalue weighted by Gasteiger charge is -2.13. The molecule has 6 nitrogen and oxygen atoms in total. The van der Waals surface area contributed by atoms with Gasteiger partial charge >= 0.3 is 5.97 Å². The minimum Gasteiger partial charge on any atom is -0.490 e. The maximum atomic E-state index is 12.2. The second kappa shape index (κ2) is 8.69. The number of carbonyl (C=O) groups excluding carboxylic acids is 3. The number of aryl methyl sites for hydroxylation is 2. The molecule has 2 aromatic rings. The molecule has 0 fully saturated rings. The highest BCUT2D eigenvalue weighted by molar-refractivity contribution is 6.21. The number of nitrogens with zero attached hydrogens (tertiary/aromatic N) is 1. The van der Waals surface area contributed by atoms with Gasteiger partial charge in [0.1, 0.15) is 19.0 Å². The van der Waals surface area contributed by atoms with Gasteiger partial charge in [-0.1, -0.05) is 18.2 Å². The lowest BCUT2D eigenvalue weighted by molar-refractivity contribution is -0.144. The maximum Gasteiger partial charge on any atom is 0.305 e. The first-order chi connectivity index (χ1) is 13.5. The van der Waals surface area contributed by atoms with E-state index in [0.717, 1.165) is 16.9 Å².